The number of nitrogens with one attached hydrogen (secondary N) is 1. The monoisotopic (exact) mass is 248 g/mol. The molecule has 4 heteroatoms. The smallest absolute Gasteiger partial charge is 0.151 e. The molecule has 0 unspecified atom stereocenters. The van der Waals surface area contributed by atoms with Gasteiger partial charge in [0.2, 0.25) is 0 Å². The van der Waals surface area contributed by atoms with Gasteiger partial charge in [0.05, 0.1) is 5.69 Å². The molecule has 0 atom stereocenters. The summed E-state index contributed by atoms with van der Waals surface area (Å²) in [6, 6.07) is 4.88. The lowest BCUT2D eigenvalue weighted by Gasteiger charge is -2.23. The summed E-state index contributed by atoms with van der Waals surface area (Å²) in [4.78, 5) is 2.43. The van der Waals surface area contributed by atoms with E-state index in [1.165, 1.54) is 19.3 Å². The van der Waals surface area contributed by atoms with Crippen molar-refractivity contribution in [1.82, 2.24) is 15.5 Å². The van der Waals surface area contributed by atoms with Gasteiger partial charge in [-0.3, -0.25) is 0 Å². The van der Waals surface area contributed by atoms with Crippen molar-refractivity contribution in [2.75, 3.05) is 18.5 Å². The van der Waals surface area contributed by atoms with Crippen molar-refractivity contribution >= 4 is 5.82 Å². The van der Waals surface area contributed by atoms with Gasteiger partial charge in [-0.2, -0.15) is 5.10 Å². The molecule has 0 aromatic carbocycles. The van der Waals surface area contributed by atoms with Gasteiger partial charge in [0.15, 0.2) is 5.82 Å². The summed E-state index contributed by atoms with van der Waals surface area (Å²) in [6.07, 6.45) is 3.83. The summed E-state index contributed by atoms with van der Waals surface area (Å²) < 4.78 is 0. The number of hydrogen-bond donors (Lipinski definition) is 1. The first-order chi connectivity index (χ1) is 8.70. The minimum Gasteiger partial charge on any atom is -0.352 e. The molecule has 100 valence electrons. The average Bonchev–Trinajstić information content (AvgIpc) is 3.16. The van der Waals surface area contributed by atoms with Crippen LogP contribution >= 0.6 is 0 Å². The van der Waals surface area contributed by atoms with Crippen LogP contribution in [0.5, 0.6) is 0 Å². The van der Waals surface area contributed by atoms with Crippen molar-refractivity contribution < 1.29 is 0 Å². The molecule has 4 nitrogen and oxygen atoms in total. The minimum absolute atomic E-state index is 0.702. The minimum atomic E-state index is 0.702. The highest BCUT2D eigenvalue weighted by Crippen LogP contribution is 2.30. The van der Waals surface area contributed by atoms with E-state index in [9.17, 15) is 0 Å². The Morgan fingerprint density at radius 3 is 2.61 bits per heavy atom. The van der Waals surface area contributed by atoms with E-state index in [2.05, 4.69) is 46.4 Å². The van der Waals surface area contributed by atoms with Crippen molar-refractivity contribution in [2.45, 2.75) is 45.7 Å². The van der Waals surface area contributed by atoms with Gasteiger partial charge in [0.1, 0.15) is 0 Å². The molecule has 1 heterocycles. The lowest BCUT2D eigenvalue weighted by atomic mass is 10.1. The predicted octanol–water partition coefficient (Wildman–Crippen LogP) is 2.21. The molecule has 1 aromatic heterocycles. The zero-order valence-electron chi connectivity index (χ0n) is 11.7. The van der Waals surface area contributed by atoms with Crippen LogP contribution in [-0.4, -0.2) is 29.8 Å². The van der Waals surface area contributed by atoms with E-state index in [0.29, 0.717) is 6.04 Å². The molecule has 0 spiro atoms. The Bertz CT molecular complexity index is 357. The van der Waals surface area contributed by atoms with E-state index >= 15 is 0 Å². The fourth-order valence-electron chi connectivity index (χ4n) is 2.05. The highest BCUT2D eigenvalue weighted by molar-refractivity contribution is 5.40. The summed E-state index contributed by atoms with van der Waals surface area (Å²) in [6.45, 7) is 6.42. The van der Waals surface area contributed by atoms with Crippen molar-refractivity contribution in [2.24, 2.45) is 5.92 Å². The fourth-order valence-corrected chi connectivity index (χ4v) is 2.05. The van der Waals surface area contributed by atoms with Gasteiger partial charge in [-0.05, 0) is 44.4 Å². The van der Waals surface area contributed by atoms with Crippen molar-refractivity contribution in [1.29, 1.82) is 0 Å². The number of rotatable bonds is 7. The summed E-state index contributed by atoms with van der Waals surface area (Å²) in [5.41, 5.74) is 1.00. The Labute approximate surface area is 110 Å². The summed E-state index contributed by atoms with van der Waals surface area (Å²) in [5, 5.41) is 11.7. The standard InChI is InChI=1S/C14H24N4/c1-11(2)8-9-18(13-5-6-13)14-7-4-12(10-15-3)16-17-14/h4,7,11,13,15H,5-6,8-10H2,1-3H3. The molecule has 0 bridgehead atoms. The van der Waals surface area contributed by atoms with Crippen molar-refractivity contribution in [3.05, 3.63) is 17.8 Å². The molecule has 2 rings (SSSR count). The quantitative estimate of drug-likeness (QED) is 0.803. The summed E-state index contributed by atoms with van der Waals surface area (Å²) >= 11 is 0. The van der Waals surface area contributed by atoms with Crippen LogP contribution in [0.4, 0.5) is 5.82 Å². The van der Waals surface area contributed by atoms with Crippen LogP contribution < -0.4 is 10.2 Å². The van der Waals surface area contributed by atoms with E-state index < -0.39 is 0 Å². The molecule has 1 saturated carbocycles. The maximum atomic E-state index is 4.37. The Balaban J connectivity index is 2.00. The Hall–Kier alpha value is -1.16. The Morgan fingerprint density at radius 2 is 2.11 bits per heavy atom. The number of nitrogens with zero attached hydrogens (tertiary/aromatic N) is 3. The predicted molar refractivity (Wildman–Crippen MR) is 74.6 cm³/mol. The second-order valence-corrected chi connectivity index (χ2v) is 5.52. The highest BCUT2D eigenvalue weighted by Gasteiger charge is 2.29. The van der Waals surface area contributed by atoms with Crippen molar-refractivity contribution in [3.8, 4) is 0 Å². The number of anilines is 1. The lowest BCUT2D eigenvalue weighted by Crippen LogP contribution is -2.29. The molecular weight excluding hydrogens is 224 g/mol. The van der Waals surface area contributed by atoms with E-state index in [4.69, 9.17) is 0 Å². The van der Waals surface area contributed by atoms with Crippen LogP contribution in [0.25, 0.3) is 0 Å². The first kappa shape index (κ1) is 13.3. The number of aromatic nitrogens is 2. The molecule has 1 aromatic rings. The summed E-state index contributed by atoms with van der Waals surface area (Å²) in [5.74, 6) is 1.78. The van der Waals surface area contributed by atoms with Gasteiger partial charge < -0.3 is 10.2 Å². The first-order valence-electron chi connectivity index (χ1n) is 6.94. The average molecular weight is 248 g/mol. The third kappa shape index (κ3) is 3.67. The molecular formula is C14H24N4. The van der Waals surface area contributed by atoms with Crippen LogP contribution in [0.3, 0.4) is 0 Å². The van der Waals surface area contributed by atoms with E-state index in [1.807, 2.05) is 7.05 Å². The molecule has 0 saturated heterocycles. The molecule has 1 aliphatic carbocycles. The zero-order chi connectivity index (χ0) is 13.0. The maximum Gasteiger partial charge on any atom is 0.151 e. The van der Waals surface area contributed by atoms with Crippen LogP contribution in [0.15, 0.2) is 12.1 Å². The number of hydrogen-bond acceptors (Lipinski definition) is 4. The van der Waals surface area contributed by atoms with Crippen LogP contribution in [0.1, 0.15) is 38.8 Å². The topological polar surface area (TPSA) is 41.0 Å². The molecule has 0 radical (unpaired) electrons. The molecule has 0 aliphatic heterocycles. The highest BCUT2D eigenvalue weighted by atomic mass is 15.3. The SMILES string of the molecule is CNCc1ccc(N(CCC(C)C)C2CC2)nn1. The molecule has 1 N–H and O–H groups in total. The van der Waals surface area contributed by atoms with E-state index in [0.717, 1.165) is 30.5 Å². The van der Waals surface area contributed by atoms with Gasteiger partial charge in [0.25, 0.3) is 0 Å². The van der Waals surface area contributed by atoms with E-state index in [1.54, 1.807) is 0 Å². The Morgan fingerprint density at radius 1 is 1.33 bits per heavy atom. The molecule has 0 amide bonds. The second kappa shape index (κ2) is 6.14. The van der Waals surface area contributed by atoms with Gasteiger partial charge in [-0.1, -0.05) is 13.8 Å². The molecule has 1 fully saturated rings. The van der Waals surface area contributed by atoms with Crippen LogP contribution in [0.2, 0.25) is 0 Å². The van der Waals surface area contributed by atoms with Gasteiger partial charge in [0, 0.05) is 19.1 Å². The van der Waals surface area contributed by atoms with Crippen molar-refractivity contribution in [3.63, 3.8) is 0 Å². The van der Waals surface area contributed by atoms with Gasteiger partial charge >= 0.3 is 0 Å². The third-order valence-electron chi connectivity index (χ3n) is 3.29. The zero-order valence-corrected chi connectivity index (χ0v) is 11.7. The molecule has 1 aliphatic rings. The van der Waals surface area contributed by atoms with Crippen LogP contribution in [-0.2, 0) is 6.54 Å². The maximum absolute atomic E-state index is 4.37. The van der Waals surface area contributed by atoms with E-state index in [-0.39, 0.29) is 0 Å². The van der Waals surface area contributed by atoms with Crippen LogP contribution in [0, 0.1) is 5.92 Å². The fraction of sp³-hybridized carbons (Fsp3) is 0.714. The first-order valence-corrected chi connectivity index (χ1v) is 6.94. The third-order valence-corrected chi connectivity index (χ3v) is 3.29. The van der Waals surface area contributed by atoms with Gasteiger partial charge in [-0.15, -0.1) is 5.10 Å². The van der Waals surface area contributed by atoms with Gasteiger partial charge in [-0.25, -0.2) is 0 Å². The Kier molecular flexibility index (Phi) is 4.53. The normalized spacial score (nSPS) is 15.1. The summed E-state index contributed by atoms with van der Waals surface area (Å²) in [7, 11) is 1.93. The molecule has 18 heavy (non-hydrogen) atoms. The largest absolute Gasteiger partial charge is 0.352 e. The lowest BCUT2D eigenvalue weighted by molar-refractivity contribution is 0.567. The second-order valence-electron chi connectivity index (χ2n) is 5.52.